The van der Waals surface area contributed by atoms with E-state index in [0.29, 0.717) is 5.56 Å². The van der Waals surface area contributed by atoms with Crippen LogP contribution in [0.25, 0.3) is 0 Å². The normalized spacial score (nSPS) is 9.47. The Morgan fingerprint density at radius 2 is 2.29 bits per heavy atom. The van der Waals surface area contributed by atoms with Gasteiger partial charge in [-0.3, -0.25) is 10.1 Å². The maximum atomic E-state index is 11.3. The highest BCUT2D eigenvalue weighted by Crippen LogP contribution is 2.26. The van der Waals surface area contributed by atoms with Crippen LogP contribution in [0.2, 0.25) is 0 Å². The molecular formula is C10H7BrN2O4. The summed E-state index contributed by atoms with van der Waals surface area (Å²) in [7, 11) is 1.18. The van der Waals surface area contributed by atoms with Crippen molar-refractivity contribution in [3.05, 3.63) is 38.9 Å². The molecule has 0 aliphatic heterocycles. The molecule has 17 heavy (non-hydrogen) atoms. The van der Waals surface area contributed by atoms with Gasteiger partial charge in [-0.2, -0.15) is 5.26 Å². The van der Waals surface area contributed by atoms with Crippen LogP contribution in [0.15, 0.2) is 12.1 Å². The van der Waals surface area contributed by atoms with Gasteiger partial charge in [-0.05, 0) is 11.6 Å². The van der Waals surface area contributed by atoms with Crippen molar-refractivity contribution in [2.24, 2.45) is 0 Å². The van der Waals surface area contributed by atoms with Gasteiger partial charge in [-0.1, -0.05) is 15.9 Å². The predicted octanol–water partition coefficient (Wildman–Crippen LogP) is 2.15. The third kappa shape index (κ3) is 2.60. The summed E-state index contributed by atoms with van der Waals surface area (Å²) < 4.78 is 4.48. The fraction of sp³-hybridized carbons (Fsp3) is 0.200. The molecule has 0 saturated carbocycles. The summed E-state index contributed by atoms with van der Waals surface area (Å²) in [6.07, 6.45) is 0. The lowest BCUT2D eigenvalue weighted by Crippen LogP contribution is -2.05. The Morgan fingerprint density at radius 1 is 1.65 bits per heavy atom. The molecule has 0 unspecified atom stereocenters. The largest absolute Gasteiger partial charge is 0.465 e. The number of esters is 1. The molecule has 7 heteroatoms. The molecule has 0 saturated heterocycles. The molecule has 0 fully saturated rings. The highest BCUT2D eigenvalue weighted by Gasteiger charge is 2.21. The van der Waals surface area contributed by atoms with Crippen LogP contribution in [0.4, 0.5) is 5.69 Å². The molecule has 1 aromatic carbocycles. The number of nitrogens with zero attached hydrogens (tertiary/aromatic N) is 2. The van der Waals surface area contributed by atoms with Crippen molar-refractivity contribution in [3.8, 4) is 6.07 Å². The molecule has 0 aliphatic rings. The van der Waals surface area contributed by atoms with Gasteiger partial charge in [0, 0.05) is 11.4 Å². The maximum absolute atomic E-state index is 11.3. The van der Waals surface area contributed by atoms with E-state index in [4.69, 9.17) is 5.26 Å². The highest BCUT2D eigenvalue weighted by molar-refractivity contribution is 9.08. The zero-order valence-corrected chi connectivity index (χ0v) is 10.4. The number of hydrogen-bond donors (Lipinski definition) is 0. The van der Waals surface area contributed by atoms with Crippen molar-refractivity contribution in [1.29, 1.82) is 5.26 Å². The molecule has 0 spiro atoms. The van der Waals surface area contributed by atoms with Crippen molar-refractivity contribution in [2.75, 3.05) is 7.11 Å². The quantitative estimate of drug-likeness (QED) is 0.369. The lowest BCUT2D eigenvalue weighted by Gasteiger charge is -2.04. The number of nitro groups is 1. The molecule has 88 valence electrons. The minimum absolute atomic E-state index is 0.0488. The van der Waals surface area contributed by atoms with Gasteiger partial charge in [0.1, 0.15) is 11.6 Å². The van der Waals surface area contributed by atoms with Crippen LogP contribution < -0.4 is 0 Å². The molecule has 0 amide bonds. The Balaban J connectivity index is 3.52. The van der Waals surface area contributed by atoms with E-state index in [-0.39, 0.29) is 16.5 Å². The van der Waals surface area contributed by atoms with Gasteiger partial charge in [0.15, 0.2) is 0 Å². The number of carbonyl (C=O) groups excluding carboxylic acids is 1. The first-order chi connectivity index (χ1) is 8.04. The van der Waals surface area contributed by atoms with E-state index in [0.717, 1.165) is 6.07 Å². The maximum Gasteiger partial charge on any atom is 0.338 e. The van der Waals surface area contributed by atoms with Crippen LogP contribution in [-0.4, -0.2) is 18.0 Å². The van der Waals surface area contributed by atoms with Gasteiger partial charge < -0.3 is 4.74 Å². The SMILES string of the molecule is COC(=O)c1cc(CBr)c(C#N)c([N+](=O)[O-])c1. The molecule has 0 bridgehead atoms. The van der Waals surface area contributed by atoms with Gasteiger partial charge in [0.05, 0.1) is 17.6 Å². The van der Waals surface area contributed by atoms with E-state index in [2.05, 4.69) is 20.7 Å². The number of carbonyl (C=O) groups is 1. The summed E-state index contributed by atoms with van der Waals surface area (Å²) in [6.45, 7) is 0. The summed E-state index contributed by atoms with van der Waals surface area (Å²) in [5.74, 6) is -0.681. The van der Waals surface area contributed by atoms with Gasteiger partial charge in [-0.15, -0.1) is 0 Å². The Bertz CT molecular complexity index is 522. The Morgan fingerprint density at radius 3 is 2.71 bits per heavy atom. The van der Waals surface area contributed by atoms with Crippen molar-refractivity contribution >= 4 is 27.6 Å². The van der Waals surface area contributed by atoms with Crippen LogP contribution in [0.3, 0.4) is 0 Å². The molecule has 0 N–H and O–H groups in total. The second-order valence-electron chi connectivity index (χ2n) is 3.02. The van der Waals surface area contributed by atoms with Crippen molar-refractivity contribution in [3.63, 3.8) is 0 Å². The third-order valence-corrected chi connectivity index (χ3v) is 2.68. The first-order valence-electron chi connectivity index (χ1n) is 4.40. The first-order valence-corrected chi connectivity index (χ1v) is 5.53. The molecule has 1 rings (SSSR count). The number of rotatable bonds is 3. The molecule has 1 aromatic rings. The fourth-order valence-electron chi connectivity index (χ4n) is 1.30. The summed E-state index contributed by atoms with van der Waals surface area (Å²) in [5.41, 5.74) is -0.0286. The minimum atomic E-state index is -0.697. The Kier molecular flexibility index (Phi) is 4.17. The zero-order valence-electron chi connectivity index (χ0n) is 8.77. The van der Waals surface area contributed by atoms with Gasteiger partial charge in [0.2, 0.25) is 0 Å². The summed E-state index contributed by atoms with van der Waals surface area (Å²) in [5, 5.41) is 19.9. The zero-order chi connectivity index (χ0) is 13.0. The lowest BCUT2D eigenvalue weighted by molar-refractivity contribution is -0.385. The summed E-state index contributed by atoms with van der Waals surface area (Å²) >= 11 is 3.11. The number of benzene rings is 1. The summed E-state index contributed by atoms with van der Waals surface area (Å²) in [4.78, 5) is 21.4. The van der Waals surface area contributed by atoms with Crippen LogP contribution >= 0.6 is 15.9 Å². The van der Waals surface area contributed by atoms with E-state index >= 15 is 0 Å². The minimum Gasteiger partial charge on any atom is -0.465 e. The van der Waals surface area contributed by atoms with Crippen LogP contribution in [0, 0.1) is 21.4 Å². The molecule has 0 heterocycles. The van der Waals surface area contributed by atoms with Crippen molar-refractivity contribution < 1.29 is 14.5 Å². The molecule has 0 aliphatic carbocycles. The van der Waals surface area contributed by atoms with E-state index < -0.39 is 16.6 Å². The Labute approximate surface area is 105 Å². The second kappa shape index (κ2) is 5.41. The molecule has 6 nitrogen and oxygen atoms in total. The van der Waals surface area contributed by atoms with E-state index in [9.17, 15) is 14.9 Å². The van der Waals surface area contributed by atoms with Crippen molar-refractivity contribution in [2.45, 2.75) is 5.33 Å². The number of nitriles is 1. The monoisotopic (exact) mass is 298 g/mol. The smallest absolute Gasteiger partial charge is 0.338 e. The van der Waals surface area contributed by atoms with Crippen LogP contribution in [-0.2, 0) is 10.1 Å². The number of ether oxygens (including phenoxy) is 1. The summed E-state index contributed by atoms with van der Waals surface area (Å²) in [6, 6.07) is 4.19. The number of halogens is 1. The molecule has 0 radical (unpaired) electrons. The predicted molar refractivity (Wildman–Crippen MR) is 61.8 cm³/mol. The second-order valence-corrected chi connectivity index (χ2v) is 3.58. The van der Waals surface area contributed by atoms with E-state index in [1.54, 1.807) is 6.07 Å². The number of methoxy groups -OCH3 is 1. The number of alkyl halides is 1. The third-order valence-electron chi connectivity index (χ3n) is 2.07. The van der Waals surface area contributed by atoms with Crippen LogP contribution in [0.5, 0.6) is 0 Å². The van der Waals surface area contributed by atoms with Crippen molar-refractivity contribution in [1.82, 2.24) is 0 Å². The van der Waals surface area contributed by atoms with Gasteiger partial charge >= 0.3 is 5.97 Å². The fourth-order valence-corrected chi connectivity index (χ4v) is 1.74. The molecule has 0 aromatic heterocycles. The highest BCUT2D eigenvalue weighted by atomic mass is 79.9. The average molecular weight is 299 g/mol. The van der Waals surface area contributed by atoms with Gasteiger partial charge in [0.25, 0.3) is 5.69 Å². The molecular weight excluding hydrogens is 292 g/mol. The van der Waals surface area contributed by atoms with E-state index in [1.807, 2.05) is 0 Å². The standard InChI is InChI=1S/C10H7BrN2O4/c1-17-10(14)6-2-7(4-11)8(5-12)9(3-6)13(15)16/h2-3H,4H2,1H3. The first kappa shape index (κ1) is 13.1. The van der Waals surface area contributed by atoms with E-state index in [1.165, 1.54) is 13.2 Å². The van der Waals surface area contributed by atoms with Gasteiger partial charge in [-0.25, -0.2) is 4.79 Å². The number of hydrogen-bond acceptors (Lipinski definition) is 5. The lowest BCUT2D eigenvalue weighted by atomic mass is 10.0. The topological polar surface area (TPSA) is 93.2 Å². The Hall–Kier alpha value is -1.94. The number of nitro benzene ring substituents is 1. The molecule has 0 atom stereocenters. The van der Waals surface area contributed by atoms with Crippen LogP contribution in [0.1, 0.15) is 21.5 Å². The average Bonchev–Trinajstić information content (AvgIpc) is 2.35.